The second-order valence-electron chi connectivity index (χ2n) is 5.77. The molecule has 0 radical (unpaired) electrons. The van der Waals surface area contributed by atoms with Gasteiger partial charge in [0.15, 0.2) is 0 Å². The zero-order valence-corrected chi connectivity index (χ0v) is 15.4. The van der Waals surface area contributed by atoms with E-state index in [0.29, 0.717) is 22.6 Å². The van der Waals surface area contributed by atoms with Crippen molar-refractivity contribution >= 4 is 33.1 Å². The van der Waals surface area contributed by atoms with Crippen molar-refractivity contribution in [1.29, 1.82) is 5.26 Å². The summed E-state index contributed by atoms with van der Waals surface area (Å²) in [4.78, 5) is 12.1. The van der Waals surface area contributed by atoms with Gasteiger partial charge in [-0.15, -0.1) is 0 Å². The number of nitrogens with zero attached hydrogens (tertiary/aromatic N) is 1. The van der Waals surface area contributed by atoms with Gasteiger partial charge in [-0.25, -0.2) is 13.2 Å². The number of nitriles is 1. The molecule has 0 aliphatic carbocycles. The molecule has 0 bridgehead atoms. The van der Waals surface area contributed by atoms with E-state index in [1.165, 1.54) is 30.3 Å². The Labute approximate surface area is 162 Å². The molecule has 0 aliphatic rings. The molecular formula is C20H16N4O3S. The van der Waals surface area contributed by atoms with Gasteiger partial charge < -0.3 is 10.6 Å². The van der Waals surface area contributed by atoms with E-state index in [4.69, 9.17) is 5.26 Å². The summed E-state index contributed by atoms with van der Waals surface area (Å²) in [6, 6.07) is 22.3. The van der Waals surface area contributed by atoms with Crippen LogP contribution in [-0.4, -0.2) is 14.4 Å². The Bertz CT molecular complexity index is 1120. The van der Waals surface area contributed by atoms with Crippen LogP contribution in [0.15, 0.2) is 83.8 Å². The van der Waals surface area contributed by atoms with E-state index >= 15 is 0 Å². The maximum absolute atomic E-state index is 12.5. The minimum absolute atomic E-state index is 0.0340. The maximum atomic E-state index is 12.5. The fraction of sp³-hybridized carbons (Fsp3) is 0. The fourth-order valence-corrected chi connectivity index (χ4v) is 3.45. The molecule has 0 spiro atoms. The molecule has 7 nitrogen and oxygen atoms in total. The number of carbonyl (C=O) groups is 1. The van der Waals surface area contributed by atoms with Crippen molar-refractivity contribution in [3.05, 3.63) is 84.4 Å². The Morgan fingerprint density at radius 3 is 2.07 bits per heavy atom. The van der Waals surface area contributed by atoms with Crippen LogP contribution < -0.4 is 15.4 Å². The molecule has 3 N–H and O–H groups in total. The number of urea groups is 1. The third-order valence-corrected chi connectivity index (χ3v) is 5.10. The van der Waals surface area contributed by atoms with Gasteiger partial charge in [0, 0.05) is 11.4 Å². The third kappa shape index (κ3) is 4.87. The van der Waals surface area contributed by atoms with Crippen LogP contribution in [0.2, 0.25) is 0 Å². The van der Waals surface area contributed by atoms with Crippen LogP contribution in [0.3, 0.4) is 0 Å². The summed E-state index contributed by atoms with van der Waals surface area (Å²) < 4.78 is 27.4. The second-order valence-corrected chi connectivity index (χ2v) is 7.45. The lowest BCUT2D eigenvalue weighted by atomic mass is 10.2. The SMILES string of the molecule is N#Cc1ccc(S(=O)(=O)Nc2cccc(NC(=O)Nc3ccccc3)c2)cc1. The highest BCUT2D eigenvalue weighted by Gasteiger charge is 2.14. The summed E-state index contributed by atoms with van der Waals surface area (Å²) in [6.45, 7) is 0. The molecule has 8 heteroatoms. The van der Waals surface area contributed by atoms with E-state index < -0.39 is 16.1 Å². The third-order valence-electron chi connectivity index (χ3n) is 3.70. The van der Waals surface area contributed by atoms with Gasteiger partial charge in [-0.1, -0.05) is 24.3 Å². The molecule has 0 aliphatic heterocycles. The van der Waals surface area contributed by atoms with E-state index in [-0.39, 0.29) is 4.90 Å². The molecule has 0 heterocycles. The van der Waals surface area contributed by atoms with E-state index in [2.05, 4.69) is 15.4 Å². The Balaban J connectivity index is 1.70. The van der Waals surface area contributed by atoms with Crippen LogP contribution >= 0.6 is 0 Å². The smallest absolute Gasteiger partial charge is 0.308 e. The largest absolute Gasteiger partial charge is 0.323 e. The number of hydrogen-bond donors (Lipinski definition) is 3. The van der Waals surface area contributed by atoms with Crippen molar-refractivity contribution in [1.82, 2.24) is 0 Å². The summed E-state index contributed by atoms with van der Waals surface area (Å²) in [7, 11) is -3.82. The lowest BCUT2D eigenvalue weighted by Gasteiger charge is -2.11. The monoisotopic (exact) mass is 392 g/mol. The van der Waals surface area contributed by atoms with Gasteiger partial charge in [-0.2, -0.15) is 5.26 Å². The first-order valence-electron chi connectivity index (χ1n) is 8.22. The fourth-order valence-electron chi connectivity index (χ4n) is 2.40. The average molecular weight is 392 g/mol. The zero-order chi connectivity index (χ0) is 20.0. The number of carbonyl (C=O) groups excluding carboxylic acids is 1. The molecule has 3 aromatic rings. The molecular weight excluding hydrogens is 376 g/mol. The van der Waals surface area contributed by atoms with Crippen LogP contribution in [0.1, 0.15) is 5.56 Å². The zero-order valence-electron chi connectivity index (χ0n) is 14.6. The van der Waals surface area contributed by atoms with E-state index in [0.717, 1.165) is 0 Å². The van der Waals surface area contributed by atoms with Gasteiger partial charge in [-0.05, 0) is 54.6 Å². The Kier molecular flexibility index (Phi) is 5.58. The standard InChI is InChI=1S/C20H16N4O3S/c21-14-15-9-11-19(12-10-15)28(26,27)24-18-8-4-7-17(13-18)23-20(25)22-16-5-2-1-3-6-16/h1-13,24H,(H2,22,23,25). The average Bonchev–Trinajstić information content (AvgIpc) is 2.68. The number of para-hydroxylation sites is 1. The van der Waals surface area contributed by atoms with Gasteiger partial charge in [-0.3, -0.25) is 4.72 Å². The van der Waals surface area contributed by atoms with Crippen molar-refractivity contribution in [3.8, 4) is 6.07 Å². The number of amides is 2. The van der Waals surface area contributed by atoms with Gasteiger partial charge in [0.1, 0.15) is 0 Å². The number of sulfonamides is 1. The van der Waals surface area contributed by atoms with Gasteiger partial charge in [0.25, 0.3) is 10.0 Å². The minimum atomic E-state index is -3.82. The summed E-state index contributed by atoms with van der Waals surface area (Å²) >= 11 is 0. The lowest BCUT2D eigenvalue weighted by molar-refractivity contribution is 0.262. The van der Waals surface area contributed by atoms with E-state index in [9.17, 15) is 13.2 Å². The predicted octanol–water partition coefficient (Wildman–Crippen LogP) is 4.00. The number of benzene rings is 3. The quantitative estimate of drug-likeness (QED) is 0.609. The first-order chi connectivity index (χ1) is 13.5. The Morgan fingerprint density at radius 2 is 1.39 bits per heavy atom. The first-order valence-corrected chi connectivity index (χ1v) is 9.71. The highest BCUT2D eigenvalue weighted by Crippen LogP contribution is 2.20. The molecule has 3 aromatic carbocycles. The van der Waals surface area contributed by atoms with Crippen LogP contribution in [0.25, 0.3) is 0 Å². The molecule has 3 rings (SSSR count). The lowest BCUT2D eigenvalue weighted by Crippen LogP contribution is -2.19. The molecule has 0 saturated carbocycles. The van der Waals surface area contributed by atoms with Crippen molar-refractivity contribution in [3.63, 3.8) is 0 Å². The summed E-state index contributed by atoms with van der Waals surface area (Å²) in [5.41, 5.74) is 1.72. The molecule has 140 valence electrons. The molecule has 0 atom stereocenters. The Morgan fingerprint density at radius 1 is 0.786 bits per heavy atom. The topological polar surface area (TPSA) is 111 Å². The molecule has 2 amide bonds. The van der Waals surface area contributed by atoms with Crippen LogP contribution in [0.5, 0.6) is 0 Å². The van der Waals surface area contributed by atoms with Crippen molar-refractivity contribution in [2.24, 2.45) is 0 Å². The van der Waals surface area contributed by atoms with Crippen molar-refractivity contribution in [2.45, 2.75) is 4.90 Å². The normalized spacial score (nSPS) is 10.5. The van der Waals surface area contributed by atoms with Crippen LogP contribution in [0, 0.1) is 11.3 Å². The molecule has 0 unspecified atom stereocenters. The number of rotatable bonds is 5. The summed E-state index contributed by atoms with van der Waals surface area (Å²) in [6.07, 6.45) is 0. The molecule has 28 heavy (non-hydrogen) atoms. The maximum Gasteiger partial charge on any atom is 0.323 e. The second kappa shape index (κ2) is 8.24. The van der Waals surface area contributed by atoms with Crippen molar-refractivity contribution < 1.29 is 13.2 Å². The highest BCUT2D eigenvalue weighted by molar-refractivity contribution is 7.92. The molecule has 0 aromatic heterocycles. The Hall–Kier alpha value is -3.83. The summed E-state index contributed by atoms with van der Waals surface area (Å²) in [5.74, 6) is 0. The minimum Gasteiger partial charge on any atom is -0.308 e. The van der Waals surface area contributed by atoms with Gasteiger partial charge in [0.05, 0.1) is 22.2 Å². The number of anilines is 3. The van der Waals surface area contributed by atoms with E-state index in [1.54, 1.807) is 42.5 Å². The highest BCUT2D eigenvalue weighted by atomic mass is 32.2. The van der Waals surface area contributed by atoms with Crippen LogP contribution in [0.4, 0.5) is 21.9 Å². The molecule has 0 fully saturated rings. The first kappa shape index (κ1) is 18.9. The predicted molar refractivity (Wildman–Crippen MR) is 107 cm³/mol. The number of hydrogen-bond acceptors (Lipinski definition) is 4. The van der Waals surface area contributed by atoms with E-state index in [1.807, 2.05) is 12.1 Å². The van der Waals surface area contributed by atoms with Gasteiger partial charge >= 0.3 is 6.03 Å². The molecule has 0 saturated heterocycles. The number of nitrogens with one attached hydrogen (secondary N) is 3. The van der Waals surface area contributed by atoms with Crippen molar-refractivity contribution in [2.75, 3.05) is 15.4 Å². The van der Waals surface area contributed by atoms with Gasteiger partial charge in [0.2, 0.25) is 0 Å². The van der Waals surface area contributed by atoms with Crippen LogP contribution in [-0.2, 0) is 10.0 Å². The summed E-state index contributed by atoms with van der Waals surface area (Å²) in [5, 5.41) is 14.1.